The van der Waals surface area contributed by atoms with Crippen LogP contribution in [0.25, 0.3) is 0 Å². The van der Waals surface area contributed by atoms with Gasteiger partial charge in [0.25, 0.3) is 0 Å². The standard InChI is InChI=1S/C15H15F2NO/c1-10(11-4-3-5-13(8-11)19-2)18-15-9-12(16)6-7-14(15)17/h3-10,18H,1-2H3. The van der Waals surface area contributed by atoms with E-state index in [0.29, 0.717) is 0 Å². The Morgan fingerprint density at radius 2 is 1.89 bits per heavy atom. The maximum absolute atomic E-state index is 13.5. The predicted molar refractivity (Wildman–Crippen MR) is 71.4 cm³/mol. The number of rotatable bonds is 4. The average Bonchev–Trinajstić information content (AvgIpc) is 2.43. The van der Waals surface area contributed by atoms with E-state index >= 15 is 0 Å². The summed E-state index contributed by atoms with van der Waals surface area (Å²) in [5, 5.41) is 2.95. The van der Waals surface area contributed by atoms with Crippen LogP contribution in [0, 0.1) is 11.6 Å². The average molecular weight is 263 g/mol. The molecule has 0 aliphatic heterocycles. The molecule has 0 bridgehead atoms. The van der Waals surface area contributed by atoms with E-state index in [-0.39, 0.29) is 11.7 Å². The molecular formula is C15H15F2NO. The van der Waals surface area contributed by atoms with Crippen LogP contribution in [-0.2, 0) is 0 Å². The van der Waals surface area contributed by atoms with E-state index in [9.17, 15) is 8.78 Å². The number of methoxy groups -OCH3 is 1. The first kappa shape index (κ1) is 13.3. The highest BCUT2D eigenvalue weighted by molar-refractivity contribution is 5.47. The van der Waals surface area contributed by atoms with Gasteiger partial charge in [0.05, 0.1) is 12.8 Å². The minimum Gasteiger partial charge on any atom is -0.497 e. The lowest BCUT2D eigenvalue weighted by molar-refractivity contribution is 0.414. The SMILES string of the molecule is COc1cccc(C(C)Nc2cc(F)ccc2F)c1. The van der Waals surface area contributed by atoms with Gasteiger partial charge in [-0.3, -0.25) is 0 Å². The highest BCUT2D eigenvalue weighted by Gasteiger charge is 2.10. The highest BCUT2D eigenvalue weighted by Crippen LogP contribution is 2.24. The van der Waals surface area contributed by atoms with Crippen molar-refractivity contribution in [2.45, 2.75) is 13.0 Å². The number of hydrogen-bond donors (Lipinski definition) is 1. The summed E-state index contributed by atoms with van der Waals surface area (Å²) in [6.07, 6.45) is 0. The topological polar surface area (TPSA) is 21.3 Å². The molecule has 2 rings (SSSR count). The van der Waals surface area contributed by atoms with Gasteiger partial charge in [-0.25, -0.2) is 8.78 Å². The van der Waals surface area contributed by atoms with Gasteiger partial charge in [0.2, 0.25) is 0 Å². The van der Waals surface area contributed by atoms with Gasteiger partial charge in [-0.05, 0) is 42.8 Å². The number of benzene rings is 2. The second kappa shape index (κ2) is 5.69. The summed E-state index contributed by atoms with van der Waals surface area (Å²) >= 11 is 0. The molecule has 4 heteroatoms. The van der Waals surface area contributed by atoms with Gasteiger partial charge in [-0.1, -0.05) is 12.1 Å². The van der Waals surface area contributed by atoms with Crippen molar-refractivity contribution in [3.05, 3.63) is 59.7 Å². The summed E-state index contributed by atoms with van der Waals surface area (Å²) in [7, 11) is 1.59. The Labute approximate surface area is 111 Å². The molecule has 2 aromatic rings. The second-order valence-corrected chi connectivity index (χ2v) is 4.27. The van der Waals surface area contributed by atoms with Gasteiger partial charge in [0.15, 0.2) is 0 Å². The third-order valence-electron chi connectivity index (χ3n) is 2.89. The van der Waals surface area contributed by atoms with Crippen molar-refractivity contribution in [2.75, 3.05) is 12.4 Å². The van der Waals surface area contributed by atoms with Gasteiger partial charge in [-0.2, -0.15) is 0 Å². The van der Waals surface area contributed by atoms with Gasteiger partial charge in [0.1, 0.15) is 17.4 Å². The van der Waals surface area contributed by atoms with Crippen molar-refractivity contribution in [3.63, 3.8) is 0 Å². The molecule has 0 aromatic heterocycles. The van der Waals surface area contributed by atoms with Crippen LogP contribution >= 0.6 is 0 Å². The van der Waals surface area contributed by atoms with Crippen molar-refractivity contribution in [1.29, 1.82) is 0 Å². The Balaban J connectivity index is 2.20. The van der Waals surface area contributed by atoms with E-state index in [1.165, 1.54) is 0 Å². The number of halogens is 2. The molecule has 1 unspecified atom stereocenters. The zero-order valence-electron chi connectivity index (χ0n) is 10.8. The van der Waals surface area contributed by atoms with Crippen LogP contribution in [0.15, 0.2) is 42.5 Å². The van der Waals surface area contributed by atoms with Gasteiger partial charge >= 0.3 is 0 Å². The fraction of sp³-hybridized carbons (Fsp3) is 0.200. The molecule has 0 saturated heterocycles. The summed E-state index contributed by atoms with van der Waals surface area (Å²) in [4.78, 5) is 0. The van der Waals surface area contributed by atoms with Gasteiger partial charge in [-0.15, -0.1) is 0 Å². The highest BCUT2D eigenvalue weighted by atomic mass is 19.1. The molecule has 100 valence electrons. The Morgan fingerprint density at radius 3 is 2.63 bits per heavy atom. The van der Waals surface area contributed by atoms with E-state index in [1.54, 1.807) is 7.11 Å². The maximum atomic E-state index is 13.5. The number of nitrogens with one attached hydrogen (secondary N) is 1. The van der Waals surface area contributed by atoms with Crippen LogP contribution in [0.4, 0.5) is 14.5 Å². The van der Waals surface area contributed by atoms with Crippen LogP contribution in [0.1, 0.15) is 18.5 Å². The molecular weight excluding hydrogens is 248 g/mol. The van der Waals surface area contributed by atoms with Crippen molar-refractivity contribution >= 4 is 5.69 Å². The number of ether oxygens (including phenoxy) is 1. The monoisotopic (exact) mass is 263 g/mol. The Hall–Kier alpha value is -2.10. The quantitative estimate of drug-likeness (QED) is 0.894. The summed E-state index contributed by atoms with van der Waals surface area (Å²) in [6.45, 7) is 1.87. The lowest BCUT2D eigenvalue weighted by Gasteiger charge is -2.17. The minimum absolute atomic E-state index is 0.148. The smallest absolute Gasteiger partial charge is 0.146 e. The minimum atomic E-state index is -0.476. The number of hydrogen-bond acceptors (Lipinski definition) is 2. The summed E-state index contributed by atoms with van der Waals surface area (Å²) in [6, 6.07) is 10.6. The molecule has 0 radical (unpaired) electrons. The lowest BCUT2D eigenvalue weighted by atomic mass is 10.1. The molecule has 0 amide bonds. The molecule has 1 atom stereocenters. The largest absolute Gasteiger partial charge is 0.497 e. The van der Waals surface area contributed by atoms with E-state index in [1.807, 2.05) is 31.2 Å². The van der Waals surface area contributed by atoms with Crippen LogP contribution < -0.4 is 10.1 Å². The predicted octanol–water partition coefficient (Wildman–Crippen LogP) is 4.15. The zero-order chi connectivity index (χ0) is 13.8. The lowest BCUT2D eigenvalue weighted by Crippen LogP contribution is -2.08. The van der Waals surface area contributed by atoms with Crippen LogP contribution in [-0.4, -0.2) is 7.11 Å². The Morgan fingerprint density at radius 1 is 1.11 bits per heavy atom. The van der Waals surface area contributed by atoms with Crippen molar-refractivity contribution in [2.24, 2.45) is 0 Å². The maximum Gasteiger partial charge on any atom is 0.146 e. The Bertz CT molecular complexity index is 572. The molecule has 0 spiro atoms. The summed E-state index contributed by atoms with van der Waals surface area (Å²) in [5.41, 5.74) is 1.08. The molecule has 0 aliphatic rings. The first-order chi connectivity index (χ1) is 9.10. The van der Waals surface area contributed by atoms with Crippen LogP contribution in [0.5, 0.6) is 5.75 Å². The summed E-state index contributed by atoms with van der Waals surface area (Å²) in [5.74, 6) is -0.219. The van der Waals surface area contributed by atoms with E-state index in [2.05, 4.69) is 5.32 Å². The van der Waals surface area contributed by atoms with E-state index < -0.39 is 11.6 Å². The second-order valence-electron chi connectivity index (χ2n) is 4.27. The molecule has 0 aliphatic carbocycles. The molecule has 0 heterocycles. The summed E-state index contributed by atoms with van der Waals surface area (Å²) < 4.78 is 31.8. The fourth-order valence-electron chi connectivity index (χ4n) is 1.84. The van der Waals surface area contributed by atoms with Gasteiger partial charge in [0, 0.05) is 6.04 Å². The van der Waals surface area contributed by atoms with Crippen LogP contribution in [0.2, 0.25) is 0 Å². The molecule has 19 heavy (non-hydrogen) atoms. The van der Waals surface area contributed by atoms with Gasteiger partial charge < -0.3 is 10.1 Å². The van der Waals surface area contributed by atoms with Crippen molar-refractivity contribution in [3.8, 4) is 5.75 Å². The van der Waals surface area contributed by atoms with Crippen LogP contribution in [0.3, 0.4) is 0 Å². The third kappa shape index (κ3) is 3.22. The fourth-order valence-corrected chi connectivity index (χ4v) is 1.84. The normalized spacial score (nSPS) is 12.0. The van der Waals surface area contributed by atoms with E-state index in [0.717, 1.165) is 29.5 Å². The molecule has 1 N–H and O–H groups in total. The molecule has 0 saturated carbocycles. The van der Waals surface area contributed by atoms with Crippen molar-refractivity contribution < 1.29 is 13.5 Å². The third-order valence-corrected chi connectivity index (χ3v) is 2.89. The first-order valence-electron chi connectivity index (χ1n) is 5.95. The molecule has 0 fully saturated rings. The molecule has 2 nitrogen and oxygen atoms in total. The zero-order valence-corrected chi connectivity index (χ0v) is 10.8. The number of anilines is 1. The van der Waals surface area contributed by atoms with Crippen molar-refractivity contribution in [1.82, 2.24) is 0 Å². The Kier molecular flexibility index (Phi) is 4.00. The first-order valence-corrected chi connectivity index (χ1v) is 5.95. The van der Waals surface area contributed by atoms with E-state index in [4.69, 9.17) is 4.74 Å². The molecule has 2 aromatic carbocycles.